The first-order valence-corrected chi connectivity index (χ1v) is 5.18. The number of hydrogen-bond acceptors (Lipinski definition) is 2. The molecule has 0 saturated carbocycles. The van der Waals surface area contributed by atoms with E-state index in [1.165, 1.54) is 10.9 Å². The van der Waals surface area contributed by atoms with Gasteiger partial charge >= 0.3 is 5.97 Å². The van der Waals surface area contributed by atoms with E-state index in [4.69, 9.17) is 5.11 Å². The third-order valence-corrected chi connectivity index (χ3v) is 2.62. The molecule has 0 aliphatic rings. The second-order valence-electron chi connectivity index (χ2n) is 3.11. The lowest BCUT2D eigenvalue weighted by atomic mass is 10.3. The van der Waals surface area contributed by atoms with E-state index >= 15 is 0 Å². The van der Waals surface area contributed by atoms with Crippen molar-refractivity contribution in [3.05, 3.63) is 50.9 Å². The number of hydrogen-bond donors (Lipinski definition) is 2. The lowest BCUT2D eigenvalue weighted by Gasteiger charge is -2.00. The third kappa shape index (κ3) is 1.79. The van der Waals surface area contributed by atoms with Crippen LogP contribution in [0.4, 0.5) is 0 Å². The van der Waals surface area contributed by atoms with E-state index < -0.39 is 11.5 Å². The molecule has 2 N–H and O–H groups in total. The molecule has 16 heavy (non-hydrogen) atoms. The number of aromatic nitrogens is 2. The molecular weight excluding hydrogens is 276 g/mol. The number of halogens is 1. The lowest BCUT2D eigenvalue weighted by Crippen LogP contribution is -2.19. The van der Waals surface area contributed by atoms with Crippen LogP contribution in [0, 0.1) is 0 Å². The van der Waals surface area contributed by atoms with E-state index in [2.05, 4.69) is 21.0 Å². The molecule has 0 fully saturated rings. The number of rotatable bonds is 2. The van der Waals surface area contributed by atoms with Gasteiger partial charge in [-0.1, -0.05) is 15.9 Å². The number of nitrogens with zero attached hydrogens (tertiary/aromatic N) is 1. The first-order valence-electron chi connectivity index (χ1n) is 4.39. The van der Waals surface area contributed by atoms with Gasteiger partial charge in [0.05, 0.1) is 5.69 Å². The van der Waals surface area contributed by atoms with Gasteiger partial charge in [0, 0.05) is 10.7 Å². The summed E-state index contributed by atoms with van der Waals surface area (Å²) in [4.78, 5) is 22.3. The minimum atomic E-state index is -1.24. The second-order valence-corrected chi connectivity index (χ2v) is 4.02. The van der Waals surface area contributed by atoms with Crippen LogP contribution in [0.5, 0.6) is 0 Å². The van der Waals surface area contributed by atoms with Crippen LogP contribution in [0.25, 0.3) is 5.69 Å². The van der Waals surface area contributed by atoms with Gasteiger partial charge < -0.3 is 5.11 Å². The number of carboxylic acid groups (broad SMARTS) is 1. The Balaban J connectivity index is 2.53. The van der Waals surface area contributed by atoms with Gasteiger partial charge in [0.25, 0.3) is 5.56 Å². The van der Waals surface area contributed by atoms with Crippen LogP contribution < -0.4 is 5.56 Å². The summed E-state index contributed by atoms with van der Waals surface area (Å²) in [6.07, 6.45) is 1.17. The zero-order chi connectivity index (χ0) is 11.7. The minimum absolute atomic E-state index is 0.275. The number of nitrogens with one attached hydrogen (secondary N) is 1. The zero-order valence-electron chi connectivity index (χ0n) is 7.98. The number of H-pyrrole nitrogens is 1. The Morgan fingerprint density at radius 1 is 1.31 bits per heavy atom. The molecule has 1 heterocycles. The predicted octanol–water partition coefficient (Wildman–Crippen LogP) is 1.63. The number of carboxylic acids is 1. The van der Waals surface area contributed by atoms with E-state index in [0.717, 1.165) is 4.47 Å². The molecule has 0 saturated heterocycles. The highest BCUT2D eigenvalue weighted by atomic mass is 79.9. The quantitative estimate of drug-likeness (QED) is 0.879. The van der Waals surface area contributed by atoms with Crippen molar-refractivity contribution in [1.82, 2.24) is 9.78 Å². The predicted molar refractivity (Wildman–Crippen MR) is 61.0 cm³/mol. The largest absolute Gasteiger partial charge is 0.477 e. The van der Waals surface area contributed by atoms with Gasteiger partial charge in [0.1, 0.15) is 5.56 Å². The summed E-state index contributed by atoms with van der Waals surface area (Å²) >= 11 is 3.27. The van der Waals surface area contributed by atoms with Crippen LogP contribution in [-0.4, -0.2) is 20.9 Å². The van der Waals surface area contributed by atoms with Crippen molar-refractivity contribution < 1.29 is 9.90 Å². The first kappa shape index (κ1) is 10.7. The fourth-order valence-electron chi connectivity index (χ4n) is 1.31. The highest BCUT2D eigenvalue weighted by Crippen LogP contribution is 2.12. The van der Waals surface area contributed by atoms with Crippen molar-refractivity contribution in [2.24, 2.45) is 0 Å². The van der Waals surface area contributed by atoms with Crippen LogP contribution in [0.3, 0.4) is 0 Å². The van der Waals surface area contributed by atoms with Gasteiger partial charge in [-0.05, 0) is 24.3 Å². The maximum absolute atomic E-state index is 11.6. The van der Waals surface area contributed by atoms with Crippen molar-refractivity contribution in [2.75, 3.05) is 0 Å². The Morgan fingerprint density at radius 2 is 1.94 bits per heavy atom. The summed E-state index contributed by atoms with van der Waals surface area (Å²) in [5, 5.41) is 11.3. The summed E-state index contributed by atoms with van der Waals surface area (Å²) in [6, 6.07) is 6.94. The molecular formula is C10H7BrN2O3. The molecule has 1 aromatic carbocycles. The Bertz CT molecular complexity index is 583. The first-order chi connectivity index (χ1) is 7.59. The molecule has 0 amide bonds. The molecule has 0 spiro atoms. The van der Waals surface area contributed by atoms with Gasteiger partial charge in [-0.25, -0.2) is 9.48 Å². The minimum Gasteiger partial charge on any atom is -0.477 e. The molecule has 82 valence electrons. The van der Waals surface area contributed by atoms with Crippen molar-refractivity contribution >= 4 is 21.9 Å². The van der Waals surface area contributed by atoms with Crippen LogP contribution in [0.1, 0.15) is 10.4 Å². The summed E-state index contributed by atoms with van der Waals surface area (Å²) in [7, 11) is 0. The SMILES string of the molecule is O=C(O)c1c[nH]n(-c2ccc(Br)cc2)c1=O. The Labute approximate surface area is 98.4 Å². The molecule has 2 rings (SSSR count). The zero-order valence-corrected chi connectivity index (χ0v) is 9.56. The van der Waals surface area contributed by atoms with Gasteiger partial charge in [0.2, 0.25) is 0 Å². The van der Waals surface area contributed by atoms with Crippen molar-refractivity contribution in [3.8, 4) is 5.69 Å². The van der Waals surface area contributed by atoms with E-state index in [9.17, 15) is 9.59 Å². The number of aromatic carboxylic acids is 1. The van der Waals surface area contributed by atoms with Crippen molar-refractivity contribution in [1.29, 1.82) is 0 Å². The fourth-order valence-corrected chi connectivity index (χ4v) is 1.57. The van der Waals surface area contributed by atoms with Gasteiger partial charge in [-0.2, -0.15) is 0 Å². The van der Waals surface area contributed by atoms with Crippen molar-refractivity contribution in [2.45, 2.75) is 0 Å². The molecule has 0 aliphatic carbocycles. The topological polar surface area (TPSA) is 75.1 Å². The Morgan fingerprint density at radius 3 is 2.44 bits per heavy atom. The summed E-state index contributed by atoms with van der Waals surface area (Å²) < 4.78 is 2.06. The number of benzene rings is 1. The van der Waals surface area contributed by atoms with E-state index in [1.807, 2.05) is 0 Å². The van der Waals surface area contributed by atoms with Crippen LogP contribution >= 0.6 is 15.9 Å². The highest BCUT2D eigenvalue weighted by molar-refractivity contribution is 9.10. The van der Waals surface area contributed by atoms with Crippen LogP contribution in [0.15, 0.2) is 39.7 Å². The Hall–Kier alpha value is -1.82. The van der Waals surface area contributed by atoms with Crippen molar-refractivity contribution in [3.63, 3.8) is 0 Å². The smallest absolute Gasteiger partial charge is 0.342 e. The monoisotopic (exact) mass is 282 g/mol. The summed E-state index contributed by atoms with van der Waals surface area (Å²) in [5.41, 5.74) is -0.265. The van der Waals surface area contributed by atoms with Crippen LogP contribution in [0.2, 0.25) is 0 Å². The van der Waals surface area contributed by atoms with Gasteiger partial charge in [0.15, 0.2) is 0 Å². The van der Waals surface area contributed by atoms with E-state index in [1.54, 1.807) is 24.3 Å². The average Bonchev–Trinajstić information content (AvgIpc) is 2.61. The molecule has 1 aromatic heterocycles. The maximum atomic E-state index is 11.6. The molecule has 0 aliphatic heterocycles. The number of carbonyl (C=O) groups is 1. The summed E-state index contributed by atoms with van der Waals surface area (Å²) in [5.74, 6) is -1.24. The number of aromatic amines is 1. The normalized spacial score (nSPS) is 10.3. The average molecular weight is 283 g/mol. The molecule has 0 radical (unpaired) electrons. The van der Waals surface area contributed by atoms with E-state index in [-0.39, 0.29) is 5.56 Å². The third-order valence-electron chi connectivity index (χ3n) is 2.09. The van der Waals surface area contributed by atoms with Gasteiger partial charge in [-0.15, -0.1) is 0 Å². The molecule has 0 bridgehead atoms. The summed E-state index contributed by atoms with van der Waals surface area (Å²) in [6.45, 7) is 0. The van der Waals surface area contributed by atoms with Gasteiger partial charge in [-0.3, -0.25) is 9.89 Å². The van der Waals surface area contributed by atoms with E-state index in [0.29, 0.717) is 5.69 Å². The maximum Gasteiger partial charge on any atom is 0.342 e. The molecule has 6 heteroatoms. The fraction of sp³-hybridized carbons (Fsp3) is 0. The Kier molecular flexibility index (Phi) is 2.66. The second kappa shape index (κ2) is 3.97. The standard InChI is InChI=1S/C10H7BrN2O3/c11-6-1-3-7(4-2-6)13-9(14)8(5-12-13)10(15)16/h1-5,12H,(H,15,16). The molecule has 2 aromatic rings. The van der Waals surface area contributed by atoms with Crippen LogP contribution in [-0.2, 0) is 0 Å². The highest BCUT2D eigenvalue weighted by Gasteiger charge is 2.13. The lowest BCUT2D eigenvalue weighted by molar-refractivity contribution is 0.0695. The molecule has 5 nitrogen and oxygen atoms in total. The molecule has 0 atom stereocenters. The molecule has 0 unspecified atom stereocenters.